The van der Waals surface area contributed by atoms with Crippen molar-refractivity contribution in [2.45, 2.75) is 28.8 Å². The largest absolute Gasteiger partial charge is 0.309 e. The topological polar surface area (TPSA) is 29.1 Å². The smallest absolute Gasteiger partial charge is 0.0914 e. The summed E-state index contributed by atoms with van der Waals surface area (Å²) in [6.45, 7) is 3.00. The Balaban J connectivity index is 1.93. The second-order valence-corrected chi connectivity index (χ2v) is 7.55. The highest BCUT2D eigenvalue weighted by Gasteiger charge is 2.36. The van der Waals surface area contributed by atoms with Crippen LogP contribution in [0.15, 0.2) is 46.0 Å². The summed E-state index contributed by atoms with van der Waals surface area (Å²) in [4.78, 5) is 0. The van der Waals surface area contributed by atoms with Gasteiger partial charge in [-0.15, -0.1) is 11.3 Å². The molecule has 1 aromatic carbocycles. The van der Waals surface area contributed by atoms with E-state index >= 15 is 0 Å². The quantitative estimate of drug-likeness (QED) is 0.937. The van der Waals surface area contributed by atoms with Crippen LogP contribution in [0.25, 0.3) is 0 Å². The van der Waals surface area contributed by atoms with E-state index in [0.717, 1.165) is 17.2 Å². The summed E-state index contributed by atoms with van der Waals surface area (Å²) >= 11 is 1.59. The predicted molar refractivity (Wildman–Crippen MR) is 81.1 cm³/mol. The molecule has 1 N–H and O–H groups in total. The van der Waals surface area contributed by atoms with Gasteiger partial charge in [-0.05, 0) is 35.5 Å². The molecule has 0 saturated carbocycles. The SMILES string of the molecule is CCNC1c2ccccc2CC1S(=O)c1cccs1. The van der Waals surface area contributed by atoms with Crippen LogP contribution in [-0.4, -0.2) is 16.0 Å². The Morgan fingerprint density at radius 2 is 2.16 bits per heavy atom. The van der Waals surface area contributed by atoms with Gasteiger partial charge in [-0.1, -0.05) is 37.3 Å². The van der Waals surface area contributed by atoms with Crippen molar-refractivity contribution in [3.63, 3.8) is 0 Å². The maximum absolute atomic E-state index is 12.7. The van der Waals surface area contributed by atoms with Crippen molar-refractivity contribution in [2.75, 3.05) is 6.54 Å². The van der Waals surface area contributed by atoms with Crippen LogP contribution in [0.3, 0.4) is 0 Å². The van der Waals surface area contributed by atoms with E-state index in [4.69, 9.17) is 0 Å². The van der Waals surface area contributed by atoms with Crippen LogP contribution in [0.1, 0.15) is 24.1 Å². The van der Waals surface area contributed by atoms with Gasteiger partial charge in [0.1, 0.15) is 0 Å². The lowest BCUT2D eigenvalue weighted by Gasteiger charge is -2.20. The normalized spacial score (nSPS) is 23.2. The zero-order chi connectivity index (χ0) is 13.2. The maximum atomic E-state index is 12.7. The first kappa shape index (κ1) is 13.0. The molecule has 1 aliphatic rings. The lowest BCUT2D eigenvalue weighted by molar-refractivity contribution is 0.547. The van der Waals surface area contributed by atoms with Gasteiger partial charge in [0.2, 0.25) is 0 Å². The van der Waals surface area contributed by atoms with Gasteiger partial charge < -0.3 is 5.32 Å². The highest BCUT2D eigenvalue weighted by atomic mass is 32.2. The Labute approximate surface area is 120 Å². The Kier molecular flexibility index (Phi) is 3.82. The average molecular weight is 291 g/mol. The van der Waals surface area contributed by atoms with Gasteiger partial charge >= 0.3 is 0 Å². The van der Waals surface area contributed by atoms with Crippen LogP contribution in [0, 0.1) is 0 Å². The van der Waals surface area contributed by atoms with Gasteiger partial charge in [0.25, 0.3) is 0 Å². The van der Waals surface area contributed by atoms with E-state index in [1.54, 1.807) is 11.3 Å². The average Bonchev–Trinajstić information content (AvgIpc) is 3.06. The summed E-state index contributed by atoms with van der Waals surface area (Å²) < 4.78 is 13.7. The van der Waals surface area contributed by atoms with Crippen LogP contribution in [0.5, 0.6) is 0 Å². The van der Waals surface area contributed by atoms with E-state index in [9.17, 15) is 4.21 Å². The Bertz CT molecular complexity index is 580. The minimum atomic E-state index is -0.929. The van der Waals surface area contributed by atoms with Crippen LogP contribution in [0.2, 0.25) is 0 Å². The van der Waals surface area contributed by atoms with Crippen molar-refractivity contribution in [3.05, 3.63) is 52.9 Å². The van der Waals surface area contributed by atoms with Crippen molar-refractivity contribution in [2.24, 2.45) is 0 Å². The minimum Gasteiger partial charge on any atom is -0.309 e. The second kappa shape index (κ2) is 5.57. The van der Waals surface area contributed by atoms with Gasteiger partial charge in [-0.25, -0.2) is 0 Å². The molecule has 3 atom stereocenters. The van der Waals surface area contributed by atoms with Crippen LogP contribution in [-0.2, 0) is 17.2 Å². The number of benzene rings is 1. The number of thiophene rings is 1. The molecule has 0 spiro atoms. The molecule has 4 heteroatoms. The summed E-state index contributed by atoms with van der Waals surface area (Å²) in [5, 5.41) is 5.65. The highest BCUT2D eigenvalue weighted by Crippen LogP contribution is 2.36. The van der Waals surface area contributed by atoms with Crippen LogP contribution >= 0.6 is 11.3 Å². The van der Waals surface area contributed by atoms with Gasteiger partial charge in [-0.3, -0.25) is 4.21 Å². The third-order valence-electron chi connectivity index (χ3n) is 3.58. The lowest BCUT2D eigenvalue weighted by Crippen LogP contribution is -2.31. The molecule has 1 heterocycles. The minimum absolute atomic E-state index is 0.149. The van der Waals surface area contributed by atoms with Crippen LogP contribution < -0.4 is 5.32 Å². The fourth-order valence-electron chi connectivity index (χ4n) is 2.75. The molecule has 0 fully saturated rings. The Hall–Kier alpha value is -0.970. The third kappa shape index (κ3) is 2.40. The molecule has 0 saturated heterocycles. The standard InChI is InChI=1S/C15H17NOS2/c1-2-16-15-12-7-4-3-6-11(12)10-13(15)19(17)14-8-5-9-18-14/h3-9,13,15-16H,2,10H2,1H3. The molecule has 19 heavy (non-hydrogen) atoms. The van der Waals surface area contributed by atoms with Crippen molar-refractivity contribution in [1.82, 2.24) is 5.32 Å². The molecular formula is C15H17NOS2. The first-order valence-electron chi connectivity index (χ1n) is 6.56. The van der Waals surface area contributed by atoms with Gasteiger partial charge in [0.15, 0.2) is 0 Å². The molecule has 2 aromatic rings. The molecule has 2 nitrogen and oxygen atoms in total. The molecule has 3 unspecified atom stereocenters. The summed E-state index contributed by atoms with van der Waals surface area (Å²) in [5.74, 6) is 0. The lowest BCUT2D eigenvalue weighted by atomic mass is 10.1. The number of rotatable bonds is 4. The van der Waals surface area contributed by atoms with Gasteiger partial charge in [0, 0.05) is 6.04 Å². The predicted octanol–water partition coefficient (Wildman–Crippen LogP) is 3.13. The molecule has 0 radical (unpaired) electrons. The van der Waals surface area contributed by atoms with Gasteiger partial charge in [0.05, 0.1) is 20.3 Å². The fourth-order valence-corrected chi connectivity index (χ4v) is 5.44. The molecule has 0 aliphatic heterocycles. The molecule has 0 amide bonds. The van der Waals surface area contributed by atoms with Crippen molar-refractivity contribution >= 4 is 22.1 Å². The Morgan fingerprint density at radius 3 is 2.89 bits per heavy atom. The van der Waals surface area contributed by atoms with E-state index < -0.39 is 10.8 Å². The van der Waals surface area contributed by atoms with Gasteiger partial charge in [-0.2, -0.15) is 0 Å². The Morgan fingerprint density at radius 1 is 1.32 bits per heavy atom. The van der Waals surface area contributed by atoms with Crippen molar-refractivity contribution in [3.8, 4) is 0 Å². The molecular weight excluding hydrogens is 274 g/mol. The maximum Gasteiger partial charge on any atom is 0.0914 e. The van der Waals surface area contributed by atoms with E-state index in [-0.39, 0.29) is 11.3 Å². The van der Waals surface area contributed by atoms with E-state index in [2.05, 4.69) is 36.5 Å². The van der Waals surface area contributed by atoms with Crippen LogP contribution in [0.4, 0.5) is 0 Å². The third-order valence-corrected chi connectivity index (χ3v) is 6.54. The summed E-state index contributed by atoms with van der Waals surface area (Å²) in [7, 11) is -0.929. The summed E-state index contributed by atoms with van der Waals surface area (Å²) in [5.41, 5.74) is 2.66. The number of hydrogen-bond donors (Lipinski definition) is 1. The van der Waals surface area contributed by atoms with Crippen molar-refractivity contribution in [1.29, 1.82) is 0 Å². The van der Waals surface area contributed by atoms with E-state index in [0.29, 0.717) is 0 Å². The number of fused-ring (bicyclic) bond motifs is 1. The summed E-state index contributed by atoms with van der Waals surface area (Å²) in [6, 6.07) is 12.6. The number of hydrogen-bond acceptors (Lipinski definition) is 3. The first-order chi connectivity index (χ1) is 9.31. The zero-order valence-electron chi connectivity index (χ0n) is 10.8. The van der Waals surface area contributed by atoms with E-state index in [1.807, 2.05) is 17.5 Å². The second-order valence-electron chi connectivity index (χ2n) is 4.71. The molecule has 1 aliphatic carbocycles. The first-order valence-corrected chi connectivity index (χ1v) is 8.65. The van der Waals surface area contributed by atoms with E-state index in [1.165, 1.54) is 11.1 Å². The molecule has 0 bridgehead atoms. The monoisotopic (exact) mass is 291 g/mol. The molecule has 1 aromatic heterocycles. The number of nitrogens with one attached hydrogen (secondary N) is 1. The fraction of sp³-hybridized carbons (Fsp3) is 0.333. The molecule has 100 valence electrons. The molecule has 3 rings (SSSR count). The van der Waals surface area contributed by atoms with Crippen molar-refractivity contribution < 1.29 is 4.21 Å². The summed E-state index contributed by atoms with van der Waals surface area (Å²) in [6.07, 6.45) is 0.901. The zero-order valence-corrected chi connectivity index (χ0v) is 12.5. The highest BCUT2D eigenvalue weighted by molar-refractivity contribution is 7.88.